The molecule has 1 atom stereocenters. The van der Waals surface area contributed by atoms with Gasteiger partial charge in [0.1, 0.15) is 0 Å². The van der Waals surface area contributed by atoms with Crippen molar-refractivity contribution in [2.24, 2.45) is 11.8 Å². The standard InChI is InChI=1S/C20H26N2O2/c23-19(16-10-11-16)21-12-5-8-17(14-21)20(24)22-13-4-3-7-15-6-1-2-9-18(15)22/h1-2,6,9,16-17H,3-5,7-8,10-14H2/t17-/m1/s1. The summed E-state index contributed by atoms with van der Waals surface area (Å²) in [6, 6.07) is 8.30. The van der Waals surface area contributed by atoms with E-state index in [-0.39, 0.29) is 23.7 Å². The minimum absolute atomic E-state index is 0.0346. The number of amides is 2. The predicted octanol–water partition coefficient (Wildman–Crippen LogP) is 3.00. The van der Waals surface area contributed by atoms with E-state index in [4.69, 9.17) is 0 Å². The van der Waals surface area contributed by atoms with E-state index < -0.39 is 0 Å². The van der Waals surface area contributed by atoms with Crippen LogP contribution < -0.4 is 4.90 Å². The van der Waals surface area contributed by atoms with Gasteiger partial charge in [-0.15, -0.1) is 0 Å². The molecule has 3 aliphatic rings. The molecule has 1 aliphatic carbocycles. The van der Waals surface area contributed by atoms with Crippen molar-refractivity contribution >= 4 is 17.5 Å². The van der Waals surface area contributed by atoms with E-state index >= 15 is 0 Å². The highest BCUT2D eigenvalue weighted by molar-refractivity contribution is 5.96. The highest BCUT2D eigenvalue weighted by Gasteiger charge is 2.38. The molecule has 2 aliphatic heterocycles. The van der Waals surface area contributed by atoms with Crippen LogP contribution in [0.3, 0.4) is 0 Å². The zero-order chi connectivity index (χ0) is 16.5. The van der Waals surface area contributed by atoms with Crippen molar-refractivity contribution in [3.63, 3.8) is 0 Å². The first-order chi connectivity index (χ1) is 11.7. The average Bonchev–Trinajstić information content (AvgIpc) is 3.47. The lowest BCUT2D eigenvalue weighted by Crippen LogP contribution is -2.47. The van der Waals surface area contributed by atoms with Gasteiger partial charge in [0.25, 0.3) is 0 Å². The molecule has 4 rings (SSSR count). The van der Waals surface area contributed by atoms with Crippen LogP contribution in [0.2, 0.25) is 0 Å². The first-order valence-corrected chi connectivity index (χ1v) is 9.42. The molecule has 1 aromatic rings. The third kappa shape index (κ3) is 3.06. The molecule has 4 heteroatoms. The minimum Gasteiger partial charge on any atom is -0.342 e. The van der Waals surface area contributed by atoms with Crippen molar-refractivity contribution in [2.45, 2.75) is 44.9 Å². The fourth-order valence-corrected chi connectivity index (χ4v) is 4.11. The van der Waals surface area contributed by atoms with E-state index in [1.54, 1.807) is 0 Å². The van der Waals surface area contributed by atoms with Gasteiger partial charge in [-0.05, 0) is 56.6 Å². The number of para-hydroxylation sites is 1. The number of likely N-dealkylation sites (tertiary alicyclic amines) is 1. The Labute approximate surface area is 143 Å². The molecule has 1 aromatic carbocycles. The lowest BCUT2D eigenvalue weighted by Gasteiger charge is -2.35. The number of hydrogen-bond donors (Lipinski definition) is 0. The van der Waals surface area contributed by atoms with E-state index in [0.29, 0.717) is 6.54 Å². The topological polar surface area (TPSA) is 40.6 Å². The quantitative estimate of drug-likeness (QED) is 0.838. The fourth-order valence-electron chi connectivity index (χ4n) is 4.11. The van der Waals surface area contributed by atoms with Gasteiger partial charge in [0.15, 0.2) is 0 Å². The summed E-state index contributed by atoms with van der Waals surface area (Å²) in [5, 5.41) is 0. The van der Waals surface area contributed by atoms with Gasteiger partial charge in [-0.3, -0.25) is 9.59 Å². The number of anilines is 1. The van der Waals surface area contributed by atoms with E-state index in [2.05, 4.69) is 18.2 Å². The van der Waals surface area contributed by atoms with E-state index in [0.717, 1.165) is 63.7 Å². The molecule has 1 saturated heterocycles. The van der Waals surface area contributed by atoms with Crippen LogP contribution in [-0.4, -0.2) is 36.3 Å². The van der Waals surface area contributed by atoms with Gasteiger partial charge in [-0.2, -0.15) is 0 Å². The highest BCUT2D eigenvalue weighted by atomic mass is 16.2. The van der Waals surface area contributed by atoms with Crippen LogP contribution in [0.1, 0.15) is 44.1 Å². The van der Waals surface area contributed by atoms with Crippen LogP contribution in [0.4, 0.5) is 5.69 Å². The molecule has 1 saturated carbocycles. The molecule has 0 bridgehead atoms. The number of fused-ring (bicyclic) bond motifs is 1. The van der Waals surface area contributed by atoms with Crippen LogP contribution in [-0.2, 0) is 16.0 Å². The highest BCUT2D eigenvalue weighted by Crippen LogP contribution is 2.34. The van der Waals surface area contributed by atoms with Crippen LogP contribution in [0.15, 0.2) is 24.3 Å². The van der Waals surface area contributed by atoms with E-state index in [1.165, 1.54) is 5.56 Å². The molecule has 2 fully saturated rings. The maximum absolute atomic E-state index is 13.2. The summed E-state index contributed by atoms with van der Waals surface area (Å²) in [5.74, 6) is 0.715. The molecule has 0 radical (unpaired) electrons. The van der Waals surface area contributed by atoms with Crippen LogP contribution in [0, 0.1) is 11.8 Å². The largest absolute Gasteiger partial charge is 0.342 e. The van der Waals surface area contributed by atoms with Crippen molar-refractivity contribution in [1.82, 2.24) is 4.90 Å². The third-order valence-electron chi connectivity index (χ3n) is 5.64. The van der Waals surface area contributed by atoms with Crippen molar-refractivity contribution < 1.29 is 9.59 Å². The Bertz CT molecular complexity index is 638. The van der Waals surface area contributed by atoms with E-state index in [9.17, 15) is 9.59 Å². The normalized spacial score (nSPS) is 24.2. The van der Waals surface area contributed by atoms with Gasteiger partial charge in [-0.25, -0.2) is 0 Å². The summed E-state index contributed by atoms with van der Waals surface area (Å²) < 4.78 is 0. The maximum atomic E-state index is 13.2. The second-order valence-electron chi connectivity index (χ2n) is 7.47. The summed E-state index contributed by atoms with van der Waals surface area (Å²) in [6.45, 7) is 2.26. The Balaban J connectivity index is 1.51. The summed E-state index contributed by atoms with van der Waals surface area (Å²) in [7, 11) is 0. The van der Waals surface area contributed by atoms with Gasteiger partial charge in [-0.1, -0.05) is 18.2 Å². The third-order valence-corrected chi connectivity index (χ3v) is 5.64. The van der Waals surface area contributed by atoms with Crippen molar-refractivity contribution in [1.29, 1.82) is 0 Å². The number of benzene rings is 1. The van der Waals surface area contributed by atoms with Gasteiger partial charge < -0.3 is 9.80 Å². The Morgan fingerprint density at radius 1 is 0.875 bits per heavy atom. The van der Waals surface area contributed by atoms with Crippen molar-refractivity contribution in [2.75, 3.05) is 24.5 Å². The number of nitrogens with zero attached hydrogens (tertiary/aromatic N) is 2. The Morgan fingerprint density at radius 3 is 2.54 bits per heavy atom. The number of hydrogen-bond acceptors (Lipinski definition) is 2. The van der Waals surface area contributed by atoms with Gasteiger partial charge in [0, 0.05) is 31.2 Å². The molecule has 0 N–H and O–H groups in total. The zero-order valence-electron chi connectivity index (χ0n) is 14.2. The lowest BCUT2D eigenvalue weighted by atomic mass is 9.95. The van der Waals surface area contributed by atoms with Gasteiger partial charge in [0.05, 0.1) is 5.92 Å². The first-order valence-electron chi connectivity index (χ1n) is 9.42. The second-order valence-corrected chi connectivity index (χ2v) is 7.47. The molecular weight excluding hydrogens is 300 g/mol. The van der Waals surface area contributed by atoms with Gasteiger partial charge in [0.2, 0.25) is 11.8 Å². The number of carbonyl (C=O) groups is 2. The molecule has 0 spiro atoms. The molecule has 128 valence electrons. The Morgan fingerprint density at radius 2 is 1.71 bits per heavy atom. The molecule has 24 heavy (non-hydrogen) atoms. The molecule has 0 unspecified atom stereocenters. The van der Waals surface area contributed by atoms with Gasteiger partial charge >= 0.3 is 0 Å². The van der Waals surface area contributed by atoms with Crippen LogP contribution in [0.25, 0.3) is 0 Å². The van der Waals surface area contributed by atoms with Crippen molar-refractivity contribution in [3.05, 3.63) is 29.8 Å². The maximum Gasteiger partial charge on any atom is 0.231 e. The van der Waals surface area contributed by atoms with Crippen LogP contribution in [0.5, 0.6) is 0 Å². The summed E-state index contributed by atoms with van der Waals surface area (Å²) in [4.78, 5) is 29.5. The van der Waals surface area contributed by atoms with E-state index in [1.807, 2.05) is 15.9 Å². The fraction of sp³-hybridized carbons (Fsp3) is 0.600. The number of aryl methyl sites for hydroxylation is 1. The van der Waals surface area contributed by atoms with Crippen molar-refractivity contribution in [3.8, 4) is 0 Å². The second kappa shape index (κ2) is 6.58. The minimum atomic E-state index is -0.0346. The number of piperidine rings is 1. The smallest absolute Gasteiger partial charge is 0.231 e. The Kier molecular flexibility index (Phi) is 4.30. The molecule has 4 nitrogen and oxygen atoms in total. The zero-order valence-corrected chi connectivity index (χ0v) is 14.2. The SMILES string of the molecule is O=C(C1CC1)N1CCC[C@@H](C(=O)N2CCCCc3ccccc32)C1. The number of carbonyl (C=O) groups excluding carboxylic acids is 2. The monoisotopic (exact) mass is 326 g/mol. The number of rotatable bonds is 2. The summed E-state index contributed by atoms with van der Waals surface area (Å²) in [6.07, 6.45) is 7.17. The first kappa shape index (κ1) is 15.7. The summed E-state index contributed by atoms with van der Waals surface area (Å²) >= 11 is 0. The molecule has 0 aromatic heterocycles. The molecule has 2 amide bonds. The average molecular weight is 326 g/mol. The Hall–Kier alpha value is -1.84. The predicted molar refractivity (Wildman–Crippen MR) is 93.8 cm³/mol. The van der Waals surface area contributed by atoms with Crippen LogP contribution >= 0.6 is 0 Å². The molecule has 2 heterocycles. The lowest BCUT2D eigenvalue weighted by molar-refractivity contribution is -0.136. The molecular formula is C20H26N2O2. The summed E-state index contributed by atoms with van der Waals surface area (Å²) in [5.41, 5.74) is 2.37.